The van der Waals surface area contributed by atoms with Crippen LogP contribution in [0, 0.1) is 10.1 Å². The number of methoxy groups -OCH3 is 2. The molecular weight excluding hydrogens is 312 g/mol. The second-order valence-corrected chi connectivity index (χ2v) is 4.84. The third-order valence-electron chi connectivity index (χ3n) is 3.33. The van der Waals surface area contributed by atoms with Crippen LogP contribution in [0.2, 0.25) is 0 Å². The van der Waals surface area contributed by atoms with Gasteiger partial charge in [0, 0.05) is 29.4 Å². The van der Waals surface area contributed by atoms with Gasteiger partial charge >= 0.3 is 0 Å². The molecule has 0 radical (unpaired) electrons. The number of allylic oxidation sites excluding steroid dienone is 1. The lowest BCUT2D eigenvalue weighted by Crippen LogP contribution is -2.03. The van der Waals surface area contributed by atoms with Crippen LogP contribution in [-0.4, -0.2) is 24.9 Å². The van der Waals surface area contributed by atoms with E-state index in [-0.39, 0.29) is 22.7 Å². The molecule has 0 bridgehead atoms. The highest BCUT2D eigenvalue weighted by Gasteiger charge is 2.13. The van der Waals surface area contributed by atoms with Gasteiger partial charge in [0.25, 0.3) is 5.69 Å². The number of carbonyl (C=O) groups excluding carboxylic acids is 1. The van der Waals surface area contributed by atoms with Crippen molar-refractivity contribution in [3.8, 4) is 11.5 Å². The lowest BCUT2D eigenvalue weighted by atomic mass is 10.1. The Labute approximate surface area is 138 Å². The molecule has 2 aromatic carbocycles. The molecule has 2 N–H and O–H groups in total. The maximum Gasteiger partial charge on any atom is 0.270 e. The number of nitrogens with two attached hydrogens (primary N) is 1. The summed E-state index contributed by atoms with van der Waals surface area (Å²) in [4.78, 5) is 22.6. The first kappa shape index (κ1) is 17.0. The molecule has 0 heterocycles. The zero-order valence-electron chi connectivity index (χ0n) is 13.2. The van der Waals surface area contributed by atoms with Crippen LogP contribution in [0.25, 0.3) is 6.08 Å². The summed E-state index contributed by atoms with van der Waals surface area (Å²) in [5.74, 6) is 0.466. The van der Waals surface area contributed by atoms with Gasteiger partial charge < -0.3 is 15.2 Å². The van der Waals surface area contributed by atoms with Gasteiger partial charge in [0.15, 0.2) is 17.3 Å². The van der Waals surface area contributed by atoms with Gasteiger partial charge in [-0.25, -0.2) is 0 Å². The number of nitro benzene ring substituents is 1. The number of ether oxygens (including phenoxy) is 2. The number of hydrogen-bond acceptors (Lipinski definition) is 6. The van der Waals surface area contributed by atoms with Crippen LogP contribution in [0.4, 0.5) is 11.4 Å². The first-order chi connectivity index (χ1) is 11.5. The summed E-state index contributed by atoms with van der Waals surface area (Å²) in [6.45, 7) is 0. The number of hydrogen-bond donors (Lipinski definition) is 1. The SMILES string of the molecule is COc1cc(N)c(C(=O)C=Cc2cccc([N+](=O)[O-])c2)cc1OC. The van der Waals surface area contributed by atoms with Gasteiger partial charge in [-0.1, -0.05) is 18.2 Å². The minimum Gasteiger partial charge on any atom is -0.493 e. The molecule has 0 saturated carbocycles. The number of non-ortho nitro benzene ring substituents is 1. The summed E-state index contributed by atoms with van der Waals surface area (Å²) in [6.07, 6.45) is 2.79. The zero-order chi connectivity index (χ0) is 17.7. The van der Waals surface area contributed by atoms with Crippen molar-refractivity contribution in [2.75, 3.05) is 20.0 Å². The number of carbonyl (C=O) groups is 1. The second kappa shape index (κ2) is 7.28. The number of nitrogens with zero attached hydrogens (tertiary/aromatic N) is 1. The van der Waals surface area contributed by atoms with Gasteiger partial charge in [0.05, 0.1) is 19.1 Å². The van der Waals surface area contributed by atoms with Crippen molar-refractivity contribution in [2.45, 2.75) is 0 Å². The fourth-order valence-corrected chi connectivity index (χ4v) is 2.11. The van der Waals surface area contributed by atoms with E-state index in [1.807, 2.05) is 0 Å². The minimum absolute atomic E-state index is 0.0461. The third kappa shape index (κ3) is 3.70. The monoisotopic (exact) mass is 328 g/mol. The van der Waals surface area contributed by atoms with Crippen molar-refractivity contribution in [3.05, 3.63) is 63.7 Å². The van der Waals surface area contributed by atoms with E-state index in [0.29, 0.717) is 17.1 Å². The fourth-order valence-electron chi connectivity index (χ4n) is 2.11. The zero-order valence-corrected chi connectivity index (χ0v) is 13.2. The van der Waals surface area contributed by atoms with Gasteiger partial charge in [0.2, 0.25) is 0 Å². The topological polar surface area (TPSA) is 105 Å². The maximum atomic E-state index is 12.3. The van der Waals surface area contributed by atoms with Crippen LogP contribution in [-0.2, 0) is 0 Å². The summed E-state index contributed by atoms with van der Waals surface area (Å²) in [6, 6.07) is 8.97. The van der Waals surface area contributed by atoms with E-state index in [9.17, 15) is 14.9 Å². The quantitative estimate of drug-likeness (QED) is 0.287. The largest absolute Gasteiger partial charge is 0.493 e. The first-order valence-corrected chi connectivity index (χ1v) is 6.94. The smallest absolute Gasteiger partial charge is 0.270 e. The molecule has 124 valence electrons. The van der Waals surface area contributed by atoms with E-state index in [1.54, 1.807) is 12.1 Å². The van der Waals surface area contributed by atoms with Crippen LogP contribution < -0.4 is 15.2 Å². The number of anilines is 1. The minimum atomic E-state index is -0.495. The maximum absolute atomic E-state index is 12.3. The van der Waals surface area contributed by atoms with Gasteiger partial charge in [-0.3, -0.25) is 14.9 Å². The Morgan fingerprint density at radius 1 is 1.17 bits per heavy atom. The van der Waals surface area contributed by atoms with Crippen molar-refractivity contribution in [1.29, 1.82) is 0 Å². The van der Waals surface area contributed by atoms with E-state index >= 15 is 0 Å². The molecule has 2 aromatic rings. The van der Waals surface area contributed by atoms with E-state index in [1.165, 1.54) is 50.6 Å². The normalized spacial score (nSPS) is 10.6. The Bertz CT molecular complexity index is 815. The molecule has 24 heavy (non-hydrogen) atoms. The van der Waals surface area contributed by atoms with Gasteiger partial charge in [-0.15, -0.1) is 0 Å². The average molecular weight is 328 g/mol. The Morgan fingerprint density at radius 2 is 1.83 bits per heavy atom. The molecule has 0 saturated heterocycles. The molecule has 0 unspecified atom stereocenters. The van der Waals surface area contributed by atoms with E-state index in [2.05, 4.69) is 0 Å². The van der Waals surface area contributed by atoms with Gasteiger partial charge in [-0.05, 0) is 17.7 Å². The first-order valence-electron chi connectivity index (χ1n) is 6.94. The summed E-state index contributed by atoms with van der Waals surface area (Å²) in [5, 5.41) is 10.8. The van der Waals surface area contributed by atoms with Crippen LogP contribution in [0.1, 0.15) is 15.9 Å². The predicted molar refractivity (Wildman–Crippen MR) is 90.4 cm³/mol. The highest BCUT2D eigenvalue weighted by Crippen LogP contribution is 2.32. The summed E-state index contributed by atoms with van der Waals surface area (Å²) in [7, 11) is 2.93. The Balaban J connectivity index is 2.29. The van der Waals surface area contributed by atoms with Crippen LogP contribution in [0.3, 0.4) is 0 Å². The van der Waals surface area contributed by atoms with Crippen LogP contribution in [0.15, 0.2) is 42.5 Å². The molecule has 0 amide bonds. The Morgan fingerprint density at radius 3 is 2.46 bits per heavy atom. The standard InChI is InChI=1S/C17H16N2O5/c1-23-16-9-13(14(18)10-17(16)24-2)15(20)7-6-11-4-3-5-12(8-11)19(21)22/h3-10H,18H2,1-2H3. The molecule has 2 rings (SSSR count). The fraction of sp³-hybridized carbons (Fsp3) is 0.118. The molecule has 0 aromatic heterocycles. The number of benzene rings is 2. The molecule has 7 heteroatoms. The Kier molecular flexibility index (Phi) is 5.16. The van der Waals surface area contributed by atoms with Crippen molar-refractivity contribution < 1.29 is 19.2 Å². The summed E-state index contributed by atoms with van der Waals surface area (Å²) in [5.41, 5.74) is 6.88. The summed E-state index contributed by atoms with van der Waals surface area (Å²) >= 11 is 0. The Hall–Kier alpha value is -3.35. The lowest BCUT2D eigenvalue weighted by Gasteiger charge is -2.10. The van der Waals surface area contributed by atoms with Gasteiger partial charge in [-0.2, -0.15) is 0 Å². The average Bonchev–Trinajstić information content (AvgIpc) is 2.59. The van der Waals surface area contributed by atoms with Crippen LogP contribution >= 0.6 is 0 Å². The van der Waals surface area contributed by atoms with Crippen molar-refractivity contribution >= 4 is 23.2 Å². The number of nitro groups is 1. The van der Waals surface area contributed by atoms with E-state index < -0.39 is 4.92 Å². The molecule has 0 spiro atoms. The molecule has 0 atom stereocenters. The molecule has 0 aliphatic rings. The number of ketones is 1. The van der Waals surface area contributed by atoms with E-state index in [4.69, 9.17) is 15.2 Å². The predicted octanol–water partition coefficient (Wildman–Crippen LogP) is 3.09. The lowest BCUT2D eigenvalue weighted by molar-refractivity contribution is -0.384. The third-order valence-corrected chi connectivity index (χ3v) is 3.33. The molecule has 7 nitrogen and oxygen atoms in total. The molecule has 0 fully saturated rings. The van der Waals surface area contributed by atoms with Crippen molar-refractivity contribution in [3.63, 3.8) is 0 Å². The number of rotatable bonds is 6. The highest BCUT2D eigenvalue weighted by molar-refractivity contribution is 6.10. The van der Waals surface area contributed by atoms with Crippen molar-refractivity contribution in [1.82, 2.24) is 0 Å². The summed E-state index contributed by atoms with van der Waals surface area (Å²) < 4.78 is 10.3. The van der Waals surface area contributed by atoms with Gasteiger partial charge in [0.1, 0.15) is 0 Å². The van der Waals surface area contributed by atoms with E-state index in [0.717, 1.165) is 0 Å². The molecule has 0 aliphatic carbocycles. The van der Waals surface area contributed by atoms with Crippen molar-refractivity contribution in [2.24, 2.45) is 0 Å². The molecule has 0 aliphatic heterocycles. The molecular formula is C17H16N2O5. The highest BCUT2D eigenvalue weighted by atomic mass is 16.6. The van der Waals surface area contributed by atoms with Crippen LogP contribution in [0.5, 0.6) is 11.5 Å². The number of nitrogen functional groups attached to an aromatic ring is 1. The second-order valence-electron chi connectivity index (χ2n) is 4.84.